The number of rotatable bonds is 5. The summed E-state index contributed by atoms with van der Waals surface area (Å²) in [6.07, 6.45) is 1.23. The maximum atomic E-state index is 13.3. The summed E-state index contributed by atoms with van der Waals surface area (Å²) in [7, 11) is 0. The first-order chi connectivity index (χ1) is 9.57. The van der Waals surface area contributed by atoms with Gasteiger partial charge in [-0.25, -0.2) is 9.37 Å². The van der Waals surface area contributed by atoms with E-state index in [4.69, 9.17) is 4.74 Å². The number of carbonyl (C=O) groups is 1. The molecule has 0 amide bonds. The fourth-order valence-corrected chi connectivity index (χ4v) is 3.61. The number of nitrogens with zero attached hydrogens (tertiary/aromatic N) is 1. The van der Waals surface area contributed by atoms with Gasteiger partial charge in [-0.15, -0.1) is 11.3 Å². The molecule has 0 fully saturated rings. The first-order valence-corrected chi connectivity index (χ1v) is 7.62. The van der Waals surface area contributed by atoms with Gasteiger partial charge in [-0.1, -0.05) is 13.8 Å². The second-order valence-corrected chi connectivity index (χ2v) is 5.67. The molecule has 2 rings (SSSR count). The van der Waals surface area contributed by atoms with Crippen molar-refractivity contribution in [3.63, 3.8) is 0 Å². The minimum atomic E-state index is -0.726. The molecule has 0 saturated carbocycles. The predicted octanol–water partition coefficient (Wildman–Crippen LogP) is 4.06. The molecule has 0 saturated heterocycles. The van der Waals surface area contributed by atoms with Crippen LogP contribution in [0.2, 0.25) is 0 Å². The van der Waals surface area contributed by atoms with Crippen LogP contribution in [-0.4, -0.2) is 17.6 Å². The van der Waals surface area contributed by atoms with Crippen molar-refractivity contribution in [3.8, 4) is 0 Å². The van der Waals surface area contributed by atoms with Crippen molar-refractivity contribution in [2.45, 2.75) is 39.0 Å². The fourth-order valence-electron chi connectivity index (χ4n) is 2.30. The molecule has 1 aromatic heterocycles. The third-order valence-corrected chi connectivity index (χ3v) is 4.86. The van der Waals surface area contributed by atoms with Crippen LogP contribution in [0.5, 0.6) is 0 Å². The molecule has 0 N–H and O–H groups in total. The smallest absolute Gasteiger partial charge is 0.319 e. The number of hydrogen-bond acceptors (Lipinski definition) is 4. The molecule has 0 aliphatic rings. The number of fused-ring (bicyclic) bond motifs is 1. The number of hydrogen-bond donors (Lipinski definition) is 0. The molecule has 0 aliphatic heterocycles. The van der Waals surface area contributed by atoms with Crippen LogP contribution in [0.25, 0.3) is 10.2 Å². The number of aromatic nitrogens is 1. The van der Waals surface area contributed by atoms with Crippen LogP contribution in [0.15, 0.2) is 18.2 Å². The summed E-state index contributed by atoms with van der Waals surface area (Å²) in [6, 6.07) is 4.49. The normalized spacial score (nSPS) is 11.8. The van der Waals surface area contributed by atoms with Crippen LogP contribution in [-0.2, 0) is 14.9 Å². The number of ether oxygens (including phenoxy) is 1. The van der Waals surface area contributed by atoms with Gasteiger partial charge in [0.2, 0.25) is 0 Å². The quantitative estimate of drug-likeness (QED) is 0.781. The van der Waals surface area contributed by atoms with Crippen molar-refractivity contribution in [1.82, 2.24) is 4.98 Å². The second kappa shape index (κ2) is 5.87. The number of esters is 1. The van der Waals surface area contributed by atoms with Gasteiger partial charge >= 0.3 is 5.97 Å². The van der Waals surface area contributed by atoms with Crippen LogP contribution in [0.3, 0.4) is 0 Å². The van der Waals surface area contributed by atoms with E-state index in [0.29, 0.717) is 24.5 Å². The first kappa shape index (κ1) is 14.9. The van der Waals surface area contributed by atoms with E-state index in [9.17, 15) is 9.18 Å². The Bertz CT molecular complexity index is 619. The number of benzene rings is 1. The van der Waals surface area contributed by atoms with Crippen molar-refractivity contribution < 1.29 is 13.9 Å². The Hall–Kier alpha value is -1.49. The van der Waals surface area contributed by atoms with E-state index in [1.807, 2.05) is 13.8 Å². The largest absolute Gasteiger partial charge is 0.465 e. The molecule has 0 unspecified atom stereocenters. The highest BCUT2D eigenvalue weighted by Gasteiger charge is 2.41. The highest BCUT2D eigenvalue weighted by molar-refractivity contribution is 7.18. The van der Waals surface area contributed by atoms with Crippen molar-refractivity contribution in [2.75, 3.05) is 6.61 Å². The SMILES string of the molecule is CCOC(=O)C(CC)(CC)c1nc2ccc(F)cc2s1. The van der Waals surface area contributed by atoms with E-state index < -0.39 is 5.41 Å². The molecule has 3 nitrogen and oxygen atoms in total. The van der Waals surface area contributed by atoms with Gasteiger partial charge in [-0.2, -0.15) is 0 Å². The third kappa shape index (κ3) is 2.42. The molecule has 5 heteroatoms. The van der Waals surface area contributed by atoms with Crippen LogP contribution in [0.1, 0.15) is 38.6 Å². The number of thiazole rings is 1. The lowest BCUT2D eigenvalue weighted by Gasteiger charge is -2.26. The molecule has 1 aromatic carbocycles. The van der Waals surface area contributed by atoms with Crippen LogP contribution < -0.4 is 0 Å². The van der Waals surface area contributed by atoms with E-state index in [1.54, 1.807) is 13.0 Å². The molecule has 0 atom stereocenters. The van der Waals surface area contributed by atoms with Gasteiger partial charge in [0, 0.05) is 0 Å². The first-order valence-electron chi connectivity index (χ1n) is 6.81. The zero-order chi connectivity index (χ0) is 14.8. The lowest BCUT2D eigenvalue weighted by atomic mass is 9.83. The topological polar surface area (TPSA) is 39.2 Å². The Morgan fingerprint density at radius 3 is 2.65 bits per heavy atom. The Kier molecular flexibility index (Phi) is 4.38. The summed E-state index contributed by atoms with van der Waals surface area (Å²) in [6.45, 7) is 6.04. The van der Waals surface area contributed by atoms with E-state index in [1.165, 1.54) is 23.5 Å². The van der Waals surface area contributed by atoms with E-state index in [2.05, 4.69) is 4.98 Å². The molecule has 20 heavy (non-hydrogen) atoms. The van der Waals surface area contributed by atoms with E-state index in [0.717, 1.165) is 10.2 Å². The monoisotopic (exact) mass is 295 g/mol. The Balaban J connectivity index is 2.53. The molecule has 0 bridgehead atoms. The lowest BCUT2D eigenvalue weighted by molar-refractivity contribution is -0.150. The van der Waals surface area contributed by atoms with Crippen LogP contribution in [0.4, 0.5) is 4.39 Å². The summed E-state index contributed by atoms with van der Waals surface area (Å²) in [5.41, 5.74) is -0.00197. The zero-order valence-electron chi connectivity index (χ0n) is 11.9. The van der Waals surface area contributed by atoms with Gasteiger partial charge in [-0.05, 0) is 38.0 Å². The van der Waals surface area contributed by atoms with E-state index in [-0.39, 0.29) is 11.8 Å². The lowest BCUT2D eigenvalue weighted by Crippen LogP contribution is -2.36. The van der Waals surface area contributed by atoms with Crippen LogP contribution in [0, 0.1) is 5.82 Å². The molecule has 2 aromatic rings. The maximum Gasteiger partial charge on any atom is 0.319 e. The van der Waals surface area contributed by atoms with Gasteiger partial charge in [-0.3, -0.25) is 4.79 Å². The molecular formula is C15H18FNO2S. The van der Waals surface area contributed by atoms with Gasteiger partial charge in [0.1, 0.15) is 16.2 Å². The number of carbonyl (C=O) groups excluding carboxylic acids is 1. The Morgan fingerprint density at radius 1 is 1.35 bits per heavy atom. The summed E-state index contributed by atoms with van der Waals surface area (Å²) < 4.78 is 19.2. The van der Waals surface area contributed by atoms with Gasteiger partial charge in [0.05, 0.1) is 16.8 Å². The average molecular weight is 295 g/mol. The molecule has 0 aliphatic carbocycles. The van der Waals surface area contributed by atoms with Gasteiger partial charge in [0.25, 0.3) is 0 Å². The van der Waals surface area contributed by atoms with Gasteiger partial charge in [0.15, 0.2) is 0 Å². The Morgan fingerprint density at radius 2 is 2.05 bits per heavy atom. The van der Waals surface area contributed by atoms with Gasteiger partial charge < -0.3 is 4.74 Å². The number of halogens is 1. The van der Waals surface area contributed by atoms with Crippen molar-refractivity contribution in [1.29, 1.82) is 0 Å². The summed E-state index contributed by atoms with van der Waals surface area (Å²) in [4.78, 5) is 16.9. The molecule has 1 heterocycles. The molecule has 0 radical (unpaired) electrons. The summed E-state index contributed by atoms with van der Waals surface area (Å²) >= 11 is 1.37. The molecule has 0 spiro atoms. The van der Waals surface area contributed by atoms with Crippen molar-refractivity contribution in [2.24, 2.45) is 0 Å². The minimum Gasteiger partial charge on any atom is -0.465 e. The second-order valence-electron chi connectivity index (χ2n) is 4.64. The highest BCUT2D eigenvalue weighted by Crippen LogP contribution is 2.38. The highest BCUT2D eigenvalue weighted by atomic mass is 32.1. The molecule has 108 valence electrons. The van der Waals surface area contributed by atoms with Crippen molar-refractivity contribution in [3.05, 3.63) is 29.0 Å². The molecular weight excluding hydrogens is 277 g/mol. The fraction of sp³-hybridized carbons (Fsp3) is 0.467. The predicted molar refractivity (Wildman–Crippen MR) is 78.5 cm³/mol. The standard InChI is InChI=1S/C15H18FNO2S/c1-4-15(5-2,14(18)19-6-3)13-17-11-8-7-10(16)9-12(11)20-13/h7-9H,4-6H2,1-3H3. The zero-order valence-corrected chi connectivity index (χ0v) is 12.7. The van der Waals surface area contributed by atoms with Crippen molar-refractivity contribution >= 4 is 27.5 Å². The van der Waals surface area contributed by atoms with E-state index >= 15 is 0 Å². The van der Waals surface area contributed by atoms with Crippen LogP contribution >= 0.6 is 11.3 Å². The third-order valence-electron chi connectivity index (χ3n) is 3.63. The Labute approximate surface area is 121 Å². The maximum absolute atomic E-state index is 13.3. The minimum absolute atomic E-state index is 0.246. The summed E-state index contributed by atoms with van der Waals surface area (Å²) in [5, 5.41) is 0.710. The summed E-state index contributed by atoms with van der Waals surface area (Å²) in [5.74, 6) is -0.535. The average Bonchev–Trinajstić information content (AvgIpc) is 2.84.